The van der Waals surface area contributed by atoms with Crippen LogP contribution in [0, 0.1) is 12.7 Å². The topological polar surface area (TPSA) is 83.5 Å². The molecule has 0 atom stereocenters. The molecular weight excluding hydrogens is 307 g/mol. The second-order valence-electron chi connectivity index (χ2n) is 3.37. The molecule has 0 aliphatic carbocycles. The molecular formula is C10H8BrFN4O2. The molecule has 1 aromatic heterocycles. The highest BCUT2D eigenvalue weighted by molar-refractivity contribution is 9.10. The number of nitrogens with one attached hydrogen (secondary N) is 1. The Balaban J connectivity index is 2.41. The minimum Gasteiger partial charge on any atom is -0.290 e. The molecule has 0 radical (unpaired) electrons. The van der Waals surface area contributed by atoms with Crippen LogP contribution in [-0.2, 0) is 0 Å². The number of aliphatic imine (C=N–C) groups is 1. The van der Waals surface area contributed by atoms with E-state index in [1.54, 1.807) is 6.92 Å². The number of rotatable bonds is 2. The lowest BCUT2D eigenvalue weighted by molar-refractivity contribution is 0.234. The Hall–Kier alpha value is -1.80. The highest BCUT2D eigenvalue weighted by Gasteiger charge is 2.12. The van der Waals surface area contributed by atoms with Crippen molar-refractivity contribution in [1.82, 2.24) is 15.8 Å². The maximum Gasteiger partial charge on any atom is 0.181 e. The molecule has 0 saturated carbocycles. The summed E-state index contributed by atoms with van der Waals surface area (Å²) >= 11 is 3.05. The van der Waals surface area contributed by atoms with Crippen molar-refractivity contribution < 1.29 is 14.2 Å². The van der Waals surface area contributed by atoms with E-state index < -0.39 is 5.82 Å². The highest BCUT2D eigenvalue weighted by Crippen LogP contribution is 2.22. The number of nitrogens with zero attached hydrogens (tertiary/aromatic N) is 3. The Bertz CT molecular complexity index is 599. The molecule has 0 bridgehead atoms. The molecule has 6 nitrogen and oxygen atoms in total. The average molecular weight is 315 g/mol. The molecule has 2 N–H and O–H groups in total. The van der Waals surface area contributed by atoms with E-state index >= 15 is 0 Å². The summed E-state index contributed by atoms with van der Waals surface area (Å²) in [4.78, 5) is 4.08. The predicted molar refractivity (Wildman–Crippen MR) is 64.3 cm³/mol. The van der Waals surface area contributed by atoms with Crippen LogP contribution in [0.1, 0.15) is 11.4 Å². The fraction of sp³-hybridized carbons (Fsp3) is 0.100. The Morgan fingerprint density at radius 1 is 1.50 bits per heavy atom. The maximum absolute atomic E-state index is 13.1. The van der Waals surface area contributed by atoms with Crippen LogP contribution in [0.15, 0.2) is 32.3 Å². The van der Waals surface area contributed by atoms with Crippen LogP contribution in [0.3, 0.4) is 0 Å². The molecule has 0 fully saturated rings. The van der Waals surface area contributed by atoms with Crippen LogP contribution in [0.4, 0.5) is 10.1 Å². The number of halogens is 2. The first-order valence-electron chi connectivity index (χ1n) is 4.85. The van der Waals surface area contributed by atoms with Gasteiger partial charge in [-0.25, -0.2) is 14.0 Å². The number of hydrogen-bond acceptors (Lipinski definition) is 5. The van der Waals surface area contributed by atoms with Gasteiger partial charge in [0.2, 0.25) is 0 Å². The third-order valence-electron chi connectivity index (χ3n) is 2.13. The molecule has 94 valence electrons. The number of aromatic nitrogens is 2. The normalized spacial score (nSPS) is 11.7. The second-order valence-corrected chi connectivity index (χ2v) is 4.22. The Morgan fingerprint density at radius 2 is 2.28 bits per heavy atom. The molecule has 2 aromatic rings. The smallest absolute Gasteiger partial charge is 0.181 e. The van der Waals surface area contributed by atoms with Crippen molar-refractivity contribution in [2.45, 2.75) is 6.92 Å². The van der Waals surface area contributed by atoms with Gasteiger partial charge in [-0.05, 0) is 46.2 Å². The molecule has 0 aliphatic rings. The van der Waals surface area contributed by atoms with Crippen molar-refractivity contribution in [3.8, 4) is 0 Å². The quantitative estimate of drug-likeness (QED) is 0.505. The molecule has 18 heavy (non-hydrogen) atoms. The number of hydrogen-bond donors (Lipinski definition) is 2. The fourth-order valence-corrected chi connectivity index (χ4v) is 1.63. The highest BCUT2D eigenvalue weighted by atomic mass is 79.9. The summed E-state index contributed by atoms with van der Waals surface area (Å²) in [6.07, 6.45) is 0. The Kier molecular flexibility index (Phi) is 3.68. The van der Waals surface area contributed by atoms with E-state index in [0.717, 1.165) is 0 Å². The summed E-state index contributed by atoms with van der Waals surface area (Å²) in [7, 11) is 0. The molecule has 0 spiro atoms. The maximum atomic E-state index is 13.1. The van der Waals surface area contributed by atoms with Crippen molar-refractivity contribution in [2.24, 2.45) is 4.99 Å². The van der Waals surface area contributed by atoms with Gasteiger partial charge in [0.05, 0.1) is 10.2 Å². The zero-order valence-corrected chi connectivity index (χ0v) is 10.8. The van der Waals surface area contributed by atoms with Crippen molar-refractivity contribution in [3.05, 3.63) is 39.9 Å². The van der Waals surface area contributed by atoms with Crippen LogP contribution in [0.2, 0.25) is 0 Å². The predicted octanol–water partition coefficient (Wildman–Crippen LogP) is 2.34. The summed E-state index contributed by atoms with van der Waals surface area (Å²) in [5, 5.41) is 16.2. The minimum absolute atomic E-state index is 0.0623. The van der Waals surface area contributed by atoms with Crippen molar-refractivity contribution in [2.75, 3.05) is 0 Å². The monoisotopic (exact) mass is 314 g/mol. The van der Waals surface area contributed by atoms with Gasteiger partial charge in [-0.1, -0.05) is 5.16 Å². The summed E-state index contributed by atoms with van der Waals surface area (Å²) < 4.78 is 17.8. The lowest BCUT2D eigenvalue weighted by Crippen LogP contribution is -2.21. The first-order chi connectivity index (χ1) is 8.61. The lowest BCUT2D eigenvalue weighted by Gasteiger charge is -2.02. The third-order valence-corrected chi connectivity index (χ3v) is 2.73. The summed E-state index contributed by atoms with van der Waals surface area (Å²) in [5.74, 6) is -0.334. The van der Waals surface area contributed by atoms with E-state index in [1.807, 2.05) is 5.48 Å². The van der Waals surface area contributed by atoms with Gasteiger partial charge in [-0.2, -0.15) is 0 Å². The van der Waals surface area contributed by atoms with E-state index in [9.17, 15) is 4.39 Å². The molecule has 1 heterocycles. The van der Waals surface area contributed by atoms with Gasteiger partial charge < -0.3 is 0 Å². The molecule has 2 rings (SSSR count). The van der Waals surface area contributed by atoms with E-state index in [2.05, 4.69) is 35.9 Å². The van der Waals surface area contributed by atoms with Crippen LogP contribution in [-0.4, -0.2) is 21.4 Å². The zero-order valence-electron chi connectivity index (χ0n) is 9.19. The molecule has 8 heteroatoms. The largest absolute Gasteiger partial charge is 0.290 e. The van der Waals surface area contributed by atoms with E-state index in [-0.39, 0.29) is 16.0 Å². The number of aryl methyl sites for hydroxylation is 1. The molecule has 0 saturated heterocycles. The minimum atomic E-state index is -0.397. The van der Waals surface area contributed by atoms with Crippen molar-refractivity contribution in [3.63, 3.8) is 0 Å². The van der Waals surface area contributed by atoms with E-state index in [4.69, 9.17) is 5.21 Å². The number of amidine groups is 1. The SMILES string of the molecule is Cc1nonc1C(=Nc1ccc(F)c(Br)c1)NO. The summed E-state index contributed by atoms with van der Waals surface area (Å²) in [5.41, 5.74) is 3.08. The van der Waals surface area contributed by atoms with Crippen LogP contribution in [0.25, 0.3) is 0 Å². The third kappa shape index (κ3) is 2.54. The fourth-order valence-electron chi connectivity index (χ4n) is 1.26. The zero-order chi connectivity index (χ0) is 13.1. The second kappa shape index (κ2) is 5.23. The van der Waals surface area contributed by atoms with Gasteiger partial charge in [0.25, 0.3) is 0 Å². The van der Waals surface area contributed by atoms with Crippen LogP contribution in [0.5, 0.6) is 0 Å². The number of hydroxylamine groups is 1. The van der Waals surface area contributed by atoms with Gasteiger partial charge in [-0.3, -0.25) is 10.7 Å². The lowest BCUT2D eigenvalue weighted by atomic mass is 10.3. The Morgan fingerprint density at radius 3 is 2.83 bits per heavy atom. The molecule has 1 aromatic carbocycles. The van der Waals surface area contributed by atoms with Crippen molar-refractivity contribution >= 4 is 27.5 Å². The van der Waals surface area contributed by atoms with Gasteiger partial charge in [0.15, 0.2) is 11.5 Å². The van der Waals surface area contributed by atoms with Gasteiger partial charge in [0.1, 0.15) is 11.5 Å². The van der Waals surface area contributed by atoms with E-state index in [0.29, 0.717) is 11.4 Å². The molecule has 0 amide bonds. The molecule has 0 unspecified atom stereocenters. The standard InChI is InChI=1S/C10H8BrFN4O2/c1-5-9(16-18-15-5)10(14-17)13-6-2-3-8(12)7(11)4-6/h2-4,17H,1H3,(H,13,14). The number of benzene rings is 1. The Labute approximate surface area is 110 Å². The van der Waals surface area contributed by atoms with Gasteiger partial charge >= 0.3 is 0 Å². The van der Waals surface area contributed by atoms with Gasteiger partial charge in [-0.15, -0.1) is 0 Å². The first kappa shape index (κ1) is 12.7. The van der Waals surface area contributed by atoms with Gasteiger partial charge in [0, 0.05) is 0 Å². The average Bonchev–Trinajstić information content (AvgIpc) is 2.77. The van der Waals surface area contributed by atoms with Crippen LogP contribution >= 0.6 is 15.9 Å². The van der Waals surface area contributed by atoms with Crippen LogP contribution < -0.4 is 5.48 Å². The summed E-state index contributed by atoms with van der Waals surface area (Å²) in [6.45, 7) is 1.65. The van der Waals surface area contributed by atoms with E-state index in [1.165, 1.54) is 18.2 Å². The first-order valence-corrected chi connectivity index (χ1v) is 5.64. The molecule has 0 aliphatic heterocycles. The van der Waals surface area contributed by atoms with Crippen molar-refractivity contribution in [1.29, 1.82) is 0 Å². The summed E-state index contributed by atoms with van der Waals surface area (Å²) in [6, 6.07) is 4.18.